The van der Waals surface area contributed by atoms with E-state index >= 15 is 0 Å². The quantitative estimate of drug-likeness (QED) is 0.258. The molecule has 33 heavy (non-hydrogen) atoms. The van der Waals surface area contributed by atoms with Gasteiger partial charge in [-0.05, 0) is 60.5 Å². The fourth-order valence-electron chi connectivity index (χ4n) is 3.44. The first-order chi connectivity index (χ1) is 15.6. The normalized spacial score (nSPS) is 10.9. The minimum Gasteiger partial charge on any atom is -0.504 e. The van der Waals surface area contributed by atoms with Gasteiger partial charge in [-0.15, -0.1) is 0 Å². The summed E-state index contributed by atoms with van der Waals surface area (Å²) in [4.78, 5) is 25.5. The highest BCUT2D eigenvalue weighted by Crippen LogP contribution is 2.37. The third-order valence-corrected chi connectivity index (χ3v) is 5.03. The van der Waals surface area contributed by atoms with Crippen molar-refractivity contribution in [2.75, 3.05) is 5.32 Å². The second kappa shape index (κ2) is 8.12. The van der Waals surface area contributed by atoms with Crippen LogP contribution in [-0.4, -0.2) is 31.4 Å². The van der Waals surface area contributed by atoms with E-state index in [1.807, 2.05) is 0 Å². The number of aryl methyl sites for hydroxylation is 1. The molecule has 1 amide bonds. The molecule has 0 aliphatic heterocycles. The zero-order valence-electron chi connectivity index (χ0n) is 17.3. The molecule has 0 spiro atoms. The number of hydrogen-bond acceptors (Lipinski definition) is 8. The average molecular weight is 449 g/mol. The maximum atomic E-state index is 12.8. The van der Waals surface area contributed by atoms with Crippen molar-refractivity contribution in [2.24, 2.45) is 0 Å². The maximum Gasteiger partial charge on any atom is 0.235 e. The van der Waals surface area contributed by atoms with Crippen LogP contribution >= 0.6 is 0 Å². The SMILES string of the molecule is Cc1cc(NC(=O)Cc2ccc(O)c(O)c2)c2oc(-c3ccc(O)c(O)c3)c(O)c(=O)c2c1. The minimum atomic E-state index is -0.735. The Morgan fingerprint density at radius 1 is 0.879 bits per heavy atom. The fourth-order valence-corrected chi connectivity index (χ4v) is 3.44. The van der Waals surface area contributed by atoms with Crippen molar-refractivity contribution in [3.8, 4) is 40.1 Å². The Kier molecular flexibility index (Phi) is 5.31. The van der Waals surface area contributed by atoms with Crippen LogP contribution in [0.25, 0.3) is 22.3 Å². The van der Waals surface area contributed by atoms with E-state index in [1.54, 1.807) is 13.0 Å². The number of anilines is 1. The summed E-state index contributed by atoms with van der Waals surface area (Å²) in [5.74, 6) is -2.93. The van der Waals surface area contributed by atoms with Crippen molar-refractivity contribution < 1.29 is 34.7 Å². The van der Waals surface area contributed by atoms with Crippen molar-refractivity contribution in [3.05, 3.63) is 69.9 Å². The Morgan fingerprint density at radius 2 is 1.55 bits per heavy atom. The summed E-state index contributed by atoms with van der Waals surface area (Å²) in [7, 11) is 0. The number of fused-ring (bicyclic) bond motifs is 1. The molecule has 9 heteroatoms. The first-order valence-corrected chi connectivity index (χ1v) is 9.77. The molecule has 168 valence electrons. The van der Waals surface area contributed by atoms with Crippen molar-refractivity contribution in [1.82, 2.24) is 0 Å². The Labute approximate surface area is 186 Å². The van der Waals surface area contributed by atoms with E-state index in [0.717, 1.165) is 6.07 Å². The van der Waals surface area contributed by atoms with Gasteiger partial charge in [-0.25, -0.2) is 0 Å². The Balaban J connectivity index is 1.78. The number of benzene rings is 3. The lowest BCUT2D eigenvalue weighted by Crippen LogP contribution is -2.15. The molecule has 1 heterocycles. The molecule has 4 aromatic rings. The van der Waals surface area contributed by atoms with Gasteiger partial charge < -0.3 is 35.3 Å². The molecule has 0 saturated heterocycles. The molecule has 3 aromatic carbocycles. The summed E-state index contributed by atoms with van der Waals surface area (Å²) in [5, 5.41) is 51.5. The van der Waals surface area contributed by atoms with Gasteiger partial charge in [0.25, 0.3) is 0 Å². The number of carbonyl (C=O) groups excluding carboxylic acids is 1. The fraction of sp³-hybridized carbons (Fsp3) is 0.0833. The lowest BCUT2D eigenvalue weighted by atomic mass is 10.1. The van der Waals surface area contributed by atoms with E-state index in [0.29, 0.717) is 11.1 Å². The van der Waals surface area contributed by atoms with Crippen LogP contribution in [0.3, 0.4) is 0 Å². The molecule has 0 unspecified atom stereocenters. The number of phenolic OH excluding ortho intramolecular Hbond substituents is 4. The topological polar surface area (TPSA) is 160 Å². The predicted molar refractivity (Wildman–Crippen MR) is 120 cm³/mol. The number of hydrogen-bond donors (Lipinski definition) is 6. The molecule has 0 aliphatic carbocycles. The third-order valence-electron chi connectivity index (χ3n) is 5.03. The van der Waals surface area contributed by atoms with Gasteiger partial charge in [-0.3, -0.25) is 9.59 Å². The van der Waals surface area contributed by atoms with Crippen LogP contribution in [0.4, 0.5) is 5.69 Å². The van der Waals surface area contributed by atoms with Crippen molar-refractivity contribution in [3.63, 3.8) is 0 Å². The van der Waals surface area contributed by atoms with Gasteiger partial charge in [0.2, 0.25) is 17.1 Å². The Morgan fingerprint density at radius 3 is 2.21 bits per heavy atom. The third kappa shape index (κ3) is 4.11. The van der Waals surface area contributed by atoms with E-state index in [1.165, 1.54) is 36.4 Å². The highest BCUT2D eigenvalue weighted by Gasteiger charge is 2.20. The van der Waals surface area contributed by atoms with Gasteiger partial charge in [0.1, 0.15) is 0 Å². The first-order valence-electron chi connectivity index (χ1n) is 9.77. The molecular formula is C24H19NO8. The van der Waals surface area contributed by atoms with Crippen molar-refractivity contribution in [2.45, 2.75) is 13.3 Å². The molecule has 9 nitrogen and oxygen atoms in total. The number of carbonyl (C=O) groups is 1. The number of phenols is 4. The second-order valence-corrected chi connectivity index (χ2v) is 7.55. The van der Waals surface area contributed by atoms with E-state index in [2.05, 4.69) is 5.32 Å². The lowest BCUT2D eigenvalue weighted by Gasteiger charge is -2.12. The number of nitrogens with one attached hydrogen (secondary N) is 1. The van der Waals surface area contributed by atoms with Crippen LogP contribution in [0, 0.1) is 6.92 Å². The van der Waals surface area contributed by atoms with Crippen LogP contribution < -0.4 is 10.7 Å². The largest absolute Gasteiger partial charge is 0.504 e. The lowest BCUT2D eigenvalue weighted by molar-refractivity contribution is -0.115. The summed E-state index contributed by atoms with van der Waals surface area (Å²) in [6.45, 7) is 1.70. The molecule has 0 atom stereocenters. The van der Waals surface area contributed by atoms with E-state index in [9.17, 15) is 35.1 Å². The highest BCUT2D eigenvalue weighted by molar-refractivity contribution is 6.01. The Hall–Kier alpha value is -4.66. The summed E-state index contributed by atoms with van der Waals surface area (Å²) in [6, 6.07) is 10.8. The predicted octanol–water partition coefficient (Wildman–Crippen LogP) is 3.48. The standard InChI is InChI=1S/C24H19NO8/c1-11-6-14-21(31)22(32)23(13-3-5-17(27)19(29)10-13)33-24(14)15(7-11)25-20(30)9-12-2-4-16(26)18(28)8-12/h2-8,10,26-29,32H,9H2,1H3,(H,25,30). The molecular weight excluding hydrogens is 430 g/mol. The van der Waals surface area contributed by atoms with E-state index < -0.39 is 22.8 Å². The molecule has 0 radical (unpaired) electrons. The van der Waals surface area contributed by atoms with Crippen LogP contribution in [0.2, 0.25) is 0 Å². The molecule has 0 aliphatic rings. The molecule has 0 saturated carbocycles. The van der Waals surface area contributed by atoms with Crippen LogP contribution in [0.5, 0.6) is 28.7 Å². The highest BCUT2D eigenvalue weighted by atomic mass is 16.4. The van der Waals surface area contributed by atoms with Crippen molar-refractivity contribution in [1.29, 1.82) is 0 Å². The van der Waals surface area contributed by atoms with Crippen molar-refractivity contribution >= 4 is 22.6 Å². The molecule has 6 N–H and O–H groups in total. The smallest absolute Gasteiger partial charge is 0.235 e. The van der Waals surface area contributed by atoms with Gasteiger partial charge in [0.05, 0.1) is 17.5 Å². The van der Waals surface area contributed by atoms with E-state index in [-0.39, 0.29) is 51.6 Å². The van der Waals surface area contributed by atoms with Gasteiger partial charge in [0, 0.05) is 5.56 Å². The van der Waals surface area contributed by atoms with Gasteiger partial charge in [-0.1, -0.05) is 6.07 Å². The second-order valence-electron chi connectivity index (χ2n) is 7.55. The number of amides is 1. The zero-order chi connectivity index (χ0) is 23.9. The first kappa shape index (κ1) is 21.6. The van der Waals surface area contributed by atoms with Crippen LogP contribution in [0.1, 0.15) is 11.1 Å². The maximum absolute atomic E-state index is 12.8. The van der Waals surface area contributed by atoms with Crippen LogP contribution in [-0.2, 0) is 11.2 Å². The van der Waals surface area contributed by atoms with Crippen LogP contribution in [0.15, 0.2) is 57.7 Å². The molecule has 1 aromatic heterocycles. The molecule has 0 bridgehead atoms. The summed E-state index contributed by atoms with van der Waals surface area (Å²) in [5.41, 5.74) is 0.661. The Bertz CT molecular complexity index is 1470. The molecule has 0 fully saturated rings. The van der Waals surface area contributed by atoms with Gasteiger partial charge in [0.15, 0.2) is 34.3 Å². The number of aromatic hydroxyl groups is 5. The average Bonchev–Trinajstić information content (AvgIpc) is 2.75. The van der Waals surface area contributed by atoms with Gasteiger partial charge in [-0.2, -0.15) is 0 Å². The summed E-state index contributed by atoms with van der Waals surface area (Å²) in [6.07, 6.45) is -0.135. The van der Waals surface area contributed by atoms with E-state index in [4.69, 9.17) is 4.42 Å². The molecule has 4 rings (SSSR count). The number of rotatable bonds is 4. The van der Waals surface area contributed by atoms with Gasteiger partial charge >= 0.3 is 0 Å². The monoisotopic (exact) mass is 449 g/mol. The minimum absolute atomic E-state index is 0.00729. The zero-order valence-corrected chi connectivity index (χ0v) is 17.3. The summed E-state index contributed by atoms with van der Waals surface area (Å²) >= 11 is 0. The summed E-state index contributed by atoms with van der Waals surface area (Å²) < 4.78 is 5.80.